The van der Waals surface area contributed by atoms with Crippen molar-refractivity contribution in [1.82, 2.24) is 20.3 Å². The van der Waals surface area contributed by atoms with Crippen LogP contribution in [0, 0.1) is 5.92 Å². The van der Waals surface area contributed by atoms with Crippen LogP contribution in [0.25, 0.3) is 11.0 Å². The van der Waals surface area contributed by atoms with Gasteiger partial charge in [-0.1, -0.05) is 0 Å². The van der Waals surface area contributed by atoms with Crippen molar-refractivity contribution in [3.63, 3.8) is 0 Å². The highest BCUT2D eigenvalue weighted by molar-refractivity contribution is 5.77. The predicted octanol–water partition coefficient (Wildman–Crippen LogP) is -1.70. The Bertz CT molecular complexity index is 609. The third-order valence-corrected chi connectivity index (χ3v) is 3.24. The number of rotatable bonds is 7. The molecule has 8 nitrogen and oxygen atoms in total. The van der Waals surface area contributed by atoms with Gasteiger partial charge in [0.25, 0.3) is 5.56 Å². The van der Waals surface area contributed by atoms with Crippen molar-refractivity contribution in [2.24, 2.45) is 5.92 Å². The van der Waals surface area contributed by atoms with Gasteiger partial charge >= 0.3 is 0 Å². The second kappa shape index (κ2) is 6.62. The minimum Gasteiger partial charge on any atom is -0.396 e. The average Bonchev–Trinajstić information content (AvgIpc) is 2.87. The van der Waals surface area contributed by atoms with E-state index in [1.807, 2.05) is 0 Å². The predicted molar refractivity (Wildman–Crippen MR) is 72.1 cm³/mol. The maximum atomic E-state index is 11.5. The third kappa shape index (κ3) is 3.05. The summed E-state index contributed by atoms with van der Waals surface area (Å²) in [6.07, 6.45) is 2.07. The summed E-state index contributed by atoms with van der Waals surface area (Å²) in [5.74, 6) is -0.443. The molecule has 2 rings (SSSR count). The van der Waals surface area contributed by atoms with E-state index in [1.54, 1.807) is 6.20 Å². The van der Waals surface area contributed by atoms with Crippen molar-refractivity contribution in [1.29, 1.82) is 0 Å². The van der Waals surface area contributed by atoms with Gasteiger partial charge in [0.15, 0.2) is 0 Å². The number of aliphatic hydroxyl groups excluding tert-OH is 3. The second-order valence-corrected chi connectivity index (χ2v) is 4.59. The van der Waals surface area contributed by atoms with E-state index >= 15 is 0 Å². The van der Waals surface area contributed by atoms with Crippen LogP contribution >= 0.6 is 0 Å². The lowest BCUT2D eigenvalue weighted by atomic mass is 10.0. The summed E-state index contributed by atoms with van der Waals surface area (Å²) in [5, 5.41) is 30.5. The molecule has 0 amide bonds. The quantitative estimate of drug-likeness (QED) is 0.358. The van der Waals surface area contributed by atoms with Gasteiger partial charge in [-0.2, -0.15) is 0 Å². The first-order valence-electron chi connectivity index (χ1n) is 6.31. The number of H-pyrrole nitrogens is 2. The van der Waals surface area contributed by atoms with Gasteiger partial charge < -0.3 is 30.6 Å². The van der Waals surface area contributed by atoms with Crippen molar-refractivity contribution in [2.45, 2.75) is 12.6 Å². The molecule has 110 valence electrons. The van der Waals surface area contributed by atoms with E-state index in [4.69, 9.17) is 10.2 Å². The normalized spacial score (nSPS) is 14.6. The molecule has 0 aliphatic heterocycles. The first-order valence-corrected chi connectivity index (χ1v) is 6.31. The van der Waals surface area contributed by atoms with Crippen LogP contribution in [0.1, 0.15) is 5.56 Å². The lowest BCUT2D eigenvalue weighted by Gasteiger charge is -2.19. The van der Waals surface area contributed by atoms with Crippen molar-refractivity contribution >= 4 is 11.0 Å². The summed E-state index contributed by atoms with van der Waals surface area (Å²) < 4.78 is 0. The molecule has 2 aromatic heterocycles. The third-order valence-electron chi connectivity index (χ3n) is 3.24. The fourth-order valence-electron chi connectivity index (χ4n) is 2.00. The molecule has 0 saturated carbocycles. The molecule has 0 spiro atoms. The highest BCUT2D eigenvalue weighted by atomic mass is 16.3. The van der Waals surface area contributed by atoms with Crippen LogP contribution in [0.2, 0.25) is 0 Å². The van der Waals surface area contributed by atoms with Gasteiger partial charge in [0.2, 0.25) is 0 Å². The van der Waals surface area contributed by atoms with Gasteiger partial charge in [0.05, 0.1) is 24.6 Å². The molecule has 2 aromatic rings. The summed E-state index contributed by atoms with van der Waals surface area (Å²) in [4.78, 5) is 21.0. The van der Waals surface area contributed by atoms with E-state index in [0.29, 0.717) is 24.1 Å². The Morgan fingerprint density at radius 2 is 2.10 bits per heavy atom. The molecule has 0 aliphatic carbocycles. The minimum absolute atomic E-state index is 0.222. The van der Waals surface area contributed by atoms with Gasteiger partial charge in [0, 0.05) is 37.4 Å². The summed E-state index contributed by atoms with van der Waals surface area (Å²) in [6.45, 7) is 0.163. The Morgan fingerprint density at radius 3 is 2.80 bits per heavy atom. The molecule has 0 saturated heterocycles. The molecule has 0 unspecified atom stereocenters. The van der Waals surface area contributed by atoms with E-state index in [1.165, 1.54) is 6.33 Å². The summed E-state index contributed by atoms with van der Waals surface area (Å²) in [7, 11) is 0. The first kappa shape index (κ1) is 14.7. The SMILES string of the molecule is O=c1[nH]cnc2c(CNC[C@@H](CO)[C@@H](O)CO)c[nH]c12. The van der Waals surface area contributed by atoms with Gasteiger partial charge in [-0.05, 0) is 0 Å². The van der Waals surface area contributed by atoms with Crippen molar-refractivity contribution in [3.05, 3.63) is 28.4 Å². The summed E-state index contributed by atoms with van der Waals surface area (Å²) in [6, 6.07) is 0. The van der Waals surface area contributed by atoms with Crippen molar-refractivity contribution in [2.75, 3.05) is 19.8 Å². The standard InChI is InChI=1S/C12H18N4O4/c17-4-8(9(19)5-18)2-13-1-7-3-14-11-10(7)15-6-16-12(11)20/h3,6,8-9,13-14,17-19H,1-2,4-5H2,(H,15,16,20)/t8-,9-/m0/s1. The minimum atomic E-state index is -0.962. The van der Waals surface area contributed by atoms with Crippen LogP contribution in [-0.2, 0) is 6.54 Å². The second-order valence-electron chi connectivity index (χ2n) is 4.59. The Balaban J connectivity index is 2.00. The van der Waals surface area contributed by atoms with E-state index < -0.39 is 18.6 Å². The molecule has 2 heterocycles. The maximum Gasteiger partial charge on any atom is 0.275 e. The highest BCUT2D eigenvalue weighted by Gasteiger charge is 2.17. The fraction of sp³-hybridized carbons (Fsp3) is 0.500. The largest absolute Gasteiger partial charge is 0.396 e. The van der Waals surface area contributed by atoms with Gasteiger partial charge in [-0.3, -0.25) is 4.79 Å². The molecule has 0 fully saturated rings. The van der Waals surface area contributed by atoms with Crippen LogP contribution < -0.4 is 10.9 Å². The molecule has 0 aromatic carbocycles. The van der Waals surface area contributed by atoms with Crippen LogP contribution in [0.15, 0.2) is 17.3 Å². The lowest BCUT2D eigenvalue weighted by molar-refractivity contribution is 0.0228. The molecule has 20 heavy (non-hydrogen) atoms. The van der Waals surface area contributed by atoms with Crippen LogP contribution in [-0.4, -0.2) is 56.1 Å². The zero-order valence-corrected chi connectivity index (χ0v) is 10.8. The summed E-state index contributed by atoms with van der Waals surface area (Å²) in [5.41, 5.74) is 1.59. The molecule has 2 atom stereocenters. The first-order chi connectivity index (χ1) is 9.67. The molecule has 8 heteroatoms. The van der Waals surface area contributed by atoms with Gasteiger partial charge in [-0.25, -0.2) is 4.98 Å². The number of nitrogens with one attached hydrogen (secondary N) is 3. The number of aromatic nitrogens is 3. The monoisotopic (exact) mass is 282 g/mol. The van der Waals surface area contributed by atoms with E-state index in [0.717, 1.165) is 5.56 Å². The van der Waals surface area contributed by atoms with E-state index in [9.17, 15) is 9.90 Å². The summed E-state index contributed by atoms with van der Waals surface area (Å²) >= 11 is 0. The number of fused-ring (bicyclic) bond motifs is 1. The molecular weight excluding hydrogens is 264 g/mol. The zero-order valence-electron chi connectivity index (χ0n) is 10.8. The molecular formula is C12H18N4O4. The Hall–Kier alpha value is -1.74. The zero-order chi connectivity index (χ0) is 14.5. The maximum absolute atomic E-state index is 11.5. The Labute approximate surface area is 114 Å². The Morgan fingerprint density at radius 1 is 1.30 bits per heavy atom. The number of hydrogen-bond donors (Lipinski definition) is 6. The van der Waals surface area contributed by atoms with Gasteiger partial charge in [-0.15, -0.1) is 0 Å². The Kier molecular flexibility index (Phi) is 4.85. The smallest absolute Gasteiger partial charge is 0.275 e. The molecule has 0 radical (unpaired) electrons. The van der Waals surface area contributed by atoms with Crippen LogP contribution in [0.3, 0.4) is 0 Å². The molecule has 6 N–H and O–H groups in total. The van der Waals surface area contributed by atoms with Crippen LogP contribution in [0.4, 0.5) is 0 Å². The number of aromatic amines is 2. The van der Waals surface area contributed by atoms with Crippen molar-refractivity contribution in [3.8, 4) is 0 Å². The fourth-order valence-corrected chi connectivity index (χ4v) is 2.00. The number of hydrogen-bond acceptors (Lipinski definition) is 6. The van der Waals surface area contributed by atoms with Crippen LogP contribution in [0.5, 0.6) is 0 Å². The topological polar surface area (TPSA) is 134 Å². The van der Waals surface area contributed by atoms with Gasteiger partial charge in [0.1, 0.15) is 5.52 Å². The number of nitrogens with zero attached hydrogens (tertiary/aromatic N) is 1. The lowest BCUT2D eigenvalue weighted by Crippen LogP contribution is -2.35. The average molecular weight is 282 g/mol. The molecule has 0 bridgehead atoms. The highest BCUT2D eigenvalue weighted by Crippen LogP contribution is 2.11. The number of aliphatic hydroxyl groups is 3. The van der Waals surface area contributed by atoms with E-state index in [-0.39, 0.29) is 12.2 Å². The van der Waals surface area contributed by atoms with E-state index in [2.05, 4.69) is 20.3 Å². The van der Waals surface area contributed by atoms with Crippen molar-refractivity contribution < 1.29 is 15.3 Å². The molecule has 0 aliphatic rings.